The van der Waals surface area contributed by atoms with Gasteiger partial charge in [0.15, 0.2) is 6.29 Å². The summed E-state index contributed by atoms with van der Waals surface area (Å²) in [4.78, 5) is 14.5. The van der Waals surface area contributed by atoms with Crippen molar-refractivity contribution in [1.82, 2.24) is 5.32 Å². The lowest BCUT2D eigenvalue weighted by atomic mass is 9.94. The van der Waals surface area contributed by atoms with Crippen molar-refractivity contribution < 1.29 is 38.0 Å². The summed E-state index contributed by atoms with van der Waals surface area (Å²) >= 11 is 0. The van der Waals surface area contributed by atoms with Gasteiger partial charge in [-0.1, -0.05) is 340 Å². The molecule has 2 saturated heterocycles. The molecule has 0 bridgehead atoms. The Hall–Kier alpha value is -4.19. The second-order valence-electron chi connectivity index (χ2n) is 25.3. The predicted molar refractivity (Wildman–Crippen MR) is 358 cm³/mol. The minimum Gasteiger partial charge on any atom is -0.370 e. The third kappa shape index (κ3) is 31.4. The Morgan fingerprint density at radius 1 is 0.460 bits per heavy atom. The summed E-state index contributed by atoms with van der Waals surface area (Å²) in [6.45, 7) is 6.56. The smallest absolute Gasteiger partial charge is 0.220 e. The molecule has 6 rings (SSSR count). The Labute approximate surface area is 529 Å². The molecule has 0 saturated carbocycles. The van der Waals surface area contributed by atoms with E-state index in [0.717, 1.165) is 47.9 Å². The fourth-order valence-electron chi connectivity index (χ4n) is 12.3. The van der Waals surface area contributed by atoms with Crippen LogP contribution in [0.2, 0.25) is 0 Å². The first-order valence-corrected chi connectivity index (χ1v) is 35.6. The molecule has 0 radical (unpaired) electrons. The number of hydrogen-bond donors (Lipinski definition) is 1. The molecule has 1 N–H and O–H groups in total. The molecule has 0 unspecified atom stereocenters. The zero-order chi connectivity index (χ0) is 60.7. The molecule has 0 aliphatic carbocycles. The van der Waals surface area contributed by atoms with E-state index in [1.54, 1.807) is 0 Å². The van der Waals surface area contributed by atoms with E-state index in [1.807, 2.05) is 60.7 Å². The molecule has 4 aromatic carbocycles. The number of amides is 1. The van der Waals surface area contributed by atoms with E-state index in [4.69, 9.17) is 33.2 Å². The first kappa shape index (κ1) is 71.9. The summed E-state index contributed by atoms with van der Waals surface area (Å²) in [7, 11) is 0. The maximum atomic E-state index is 14.5. The van der Waals surface area contributed by atoms with Crippen molar-refractivity contribution in [2.75, 3.05) is 13.2 Å². The van der Waals surface area contributed by atoms with Crippen LogP contribution in [0.4, 0.5) is 0 Å². The molecule has 9 heteroatoms. The zero-order valence-corrected chi connectivity index (χ0v) is 54.6. The molecule has 2 aliphatic rings. The number of fused-ring (bicyclic) bond motifs is 1. The van der Waals surface area contributed by atoms with E-state index < -0.39 is 36.7 Å². The molecule has 0 spiro atoms. The molecule has 8 atom stereocenters. The number of allylic oxidation sites excluding steroid dienone is 1. The van der Waals surface area contributed by atoms with E-state index in [2.05, 4.69) is 92.0 Å². The summed E-state index contributed by atoms with van der Waals surface area (Å²) in [6.07, 6.45) is 45.6. The standard InChI is InChI=1S/C78H119NO8/c1-3-5-7-9-11-13-15-17-18-19-20-21-22-23-24-25-26-27-29-31-33-35-49-59-73(80)79-70(64-86-78-77(84-63-69-56-46-39-47-57-69)76(75-72(87-78)65-85-75)83-62-68-54-44-38-45-55-68)74(82-61-67-52-42-37-43-53-67)71(81-60-66-50-40-36-41-51-66)58-48-34-32-30-28-16-14-12-10-8-6-4-2/h34,36-48,50-57,70-72,74-78H,3-33,35,49,58-65H2,1-2H3,(H,79,80)/b48-34+/t70-,71+,72+,74-,75-,76-,77+,78-/m0/s1. The van der Waals surface area contributed by atoms with E-state index in [-0.39, 0.29) is 24.7 Å². The van der Waals surface area contributed by atoms with E-state index in [9.17, 15) is 4.79 Å². The number of nitrogens with one attached hydrogen (secondary N) is 1. The van der Waals surface area contributed by atoms with E-state index >= 15 is 0 Å². The summed E-state index contributed by atoms with van der Waals surface area (Å²) < 4.78 is 47.7. The fraction of sp³-hybridized carbons (Fsp3) is 0.654. The van der Waals surface area contributed by atoms with Crippen molar-refractivity contribution in [3.8, 4) is 0 Å². The van der Waals surface area contributed by atoms with Gasteiger partial charge < -0.3 is 38.5 Å². The maximum Gasteiger partial charge on any atom is 0.220 e. The van der Waals surface area contributed by atoms with Gasteiger partial charge in [0.25, 0.3) is 0 Å². The molecular formula is C78H119NO8. The highest BCUT2D eigenvalue weighted by Crippen LogP contribution is 2.36. The number of carbonyl (C=O) groups excluding carboxylic acids is 1. The van der Waals surface area contributed by atoms with Crippen molar-refractivity contribution in [3.63, 3.8) is 0 Å². The third-order valence-corrected chi connectivity index (χ3v) is 17.8. The highest BCUT2D eigenvalue weighted by Gasteiger charge is 2.53. The number of carbonyl (C=O) groups is 1. The van der Waals surface area contributed by atoms with Crippen molar-refractivity contribution in [3.05, 3.63) is 156 Å². The molecule has 0 aromatic heterocycles. The highest BCUT2D eigenvalue weighted by atomic mass is 16.7. The second-order valence-corrected chi connectivity index (χ2v) is 25.3. The van der Waals surface area contributed by atoms with Gasteiger partial charge in [0, 0.05) is 6.42 Å². The van der Waals surface area contributed by atoms with E-state index in [1.165, 1.54) is 186 Å². The van der Waals surface area contributed by atoms with Gasteiger partial charge in [-0.2, -0.15) is 0 Å². The summed E-state index contributed by atoms with van der Waals surface area (Å²) in [5.74, 6) is -0.0129. The van der Waals surface area contributed by atoms with E-state index in [0.29, 0.717) is 45.9 Å². The molecule has 9 nitrogen and oxygen atoms in total. The summed E-state index contributed by atoms with van der Waals surface area (Å²) in [5, 5.41) is 3.50. The molecule has 2 heterocycles. The molecule has 1 amide bonds. The summed E-state index contributed by atoms with van der Waals surface area (Å²) in [5.41, 5.74) is 4.21. The SMILES string of the molecule is CCCCCCCCCCC/C=C/C[C@@H](OCc1ccccc1)[C@@H](OCc1ccccc1)[C@H](CO[C@H]1O[C@@H]2CO[C@@H]2[C@H](OCc2ccccc2)[C@H]1OCc1ccccc1)NC(=O)CCCCCCCCCCCCCCCCCCCCCCCCC. The van der Waals surface area contributed by atoms with Crippen LogP contribution in [0.25, 0.3) is 0 Å². The first-order valence-electron chi connectivity index (χ1n) is 35.6. The van der Waals surface area contributed by atoms with Gasteiger partial charge in [0.1, 0.15) is 30.5 Å². The van der Waals surface area contributed by atoms with Gasteiger partial charge in [-0.25, -0.2) is 0 Å². The minimum absolute atomic E-state index is 0.0129. The van der Waals surface area contributed by atoms with Crippen LogP contribution in [-0.2, 0) is 64.4 Å². The molecule has 2 aliphatic heterocycles. The van der Waals surface area contributed by atoms with Gasteiger partial charge >= 0.3 is 0 Å². The van der Waals surface area contributed by atoms with Gasteiger partial charge in [0.05, 0.1) is 51.8 Å². The van der Waals surface area contributed by atoms with Crippen molar-refractivity contribution >= 4 is 5.91 Å². The van der Waals surface area contributed by atoms with Gasteiger partial charge in [-0.3, -0.25) is 4.79 Å². The average molecular weight is 1200 g/mol. The number of rotatable bonds is 54. The fourth-order valence-corrected chi connectivity index (χ4v) is 12.3. The normalized spacial score (nSPS) is 18.5. The monoisotopic (exact) mass is 1200 g/mol. The molecule has 87 heavy (non-hydrogen) atoms. The lowest BCUT2D eigenvalue weighted by Crippen LogP contribution is -2.67. The Morgan fingerprint density at radius 2 is 0.851 bits per heavy atom. The third-order valence-electron chi connectivity index (χ3n) is 17.8. The Kier molecular flexibility index (Phi) is 39.4. The number of benzene rings is 4. The Morgan fingerprint density at radius 3 is 1.28 bits per heavy atom. The predicted octanol–water partition coefficient (Wildman–Crippen LogP) is 20.2. The van der Waals surface area contributed by atoms with Crippen molar-refractivity contribution in [2.24, 2.45) is 0 Å². The van der Waals surface area contributed by atoms with Crippen LogP contribution in [0.1, 0.15) is 261 Å². The van der Waals surface area contributed by atoms with Crippen LogP contribution in [0.3, 0.4) is 0 Å². The van der Waals surface area contributed by atoms with Crippen LogP contribution in [0, 0.1) is 0 Å². The molecule has 4 aromatic rings. The van der Waals surface area contributed by atoms with Gasteiger partial charge in [0.2, 0.25) is 5.91 Å². The molecule has 2 fully saturated rings. The topological polar surface area (TPSA) is 93.7 Å². The molecular weight excluding hydrogens is 1080 g/mol. The highest BCUT2D eigenvalue weighted by molar-refractivity contribution is 5.76. The largest absolute Gasteiger partial charge is 0.370 e. The number of ether oxygens (including phenoxy) is 7. The lowest BCUT2D eigenvalue weighted by molar-refractivity contribution is -0.365. The Bertz CT molecular complexity index is 2250. The van der Waals surface area contributed by atoms with Crippen LogP contribution < -0.4 is 5.32 Å². The summed E-state index contributed by atoms with van der Waals surface area (Å²) in [6, 6.07) is 40.4. The van der Waals surface area contributed by atoms with Crippen molar-refractivity contribution in [2.45, 2.75) is 314 Å². The van der Waals surface area contributed by atoms with Gasteiger partial charge in [-0.05, 0) is 47.9 Å². The zero-order valence-electron chi connectivity index (χ0n) is 54.6. The second kappa shape index (κ2) is 47.7. The number of unbranched alkanes of at least 4 members (excludes halogenated alkanes) is 31. The average Bonchev–Trinajstić information content (AvgIpc) is 1.25. The number of hydrogen-bond acceptors (Lipinski definition) is 8. The lowest BCUT2D eigenvalue weighted by Gasteiger charge is -2.51. The quantitative estimate of drug-likeness (QED) is 0.0345. The van der Waals surface area contributed by atoms with Crippen LogP contribution in [0.5, 0.6) is 0 Å². The van der Waals surface area contributed by atoms with Gasteiger partial charge in [-0.15, -0.1) is 0 Å². The maximum absolute atomic E-state index is 14.5. The first-order chi connectivity index (χ1) is 43.1. The minimum atomic E-state index is -0.821. The van der Waals surface area contributed by atoms with Crippen LogP contribution in [0.15, 0.2) is 133 Å². The van der Waals surface area contributed by atoms with Crippen LogP contribution in [-0.4, -0.2) is 68.1 Å². The van der Waals surface area contributed by atoms with Crippen LogP contribution >= 0.6 is 0 Å². The Balaban J connectivity index is 1.08. The molecule has 484 valence electrons. The van der Waals surface area contributed by atoms with Crippen molar-refractivity contribution in [1.29, 1.82) is 0 Å².